The number of carbonyl (C=O) groups is 1. The zero-order valence-electron chi connectivity index (χ0n) is 20.0. The molecule has 1 fully saturated rings. The number of nitrogen functional groups attached to an aromatic ring is 1. The van der Waals surface area contributed by atoms with Crippen LogP contribution in [0.5, 0.6) is 5.75 Å². The van der Waals surface area contributed by atoms with Crippen LogP contribution in [-0.2, 0) is 23.4 Å². The second-order valence-corrected chi connectivity index (χ2v) is 10.1. The van der Waals surface area contributed by atoms with Crippen LogP contribution in [0.3, 0.4) is 0 Å². The number of esters is 1. The number of para-hydroxylation sites is 1. The molecule has 3 rings (SSSR count). The summed E-state index contributed by atoms with van der Waals surface area (Å²) in [7, 11) is -4.24. The van der Waals surface area contributed by atoms with Gasteiger partial charge in [0.15, 0.2) is 6.23 Å². The van der Waals surface area contributed by atoms with Crippen molar-refractivity contribution in [3.8, 4) is 5.75 Å². The molecule has 0 amide bonds. The quantitative estimate of drug-likeness (QED) is 0.288. The maximum absolute atomic E-state index is 13.9. The molecule has 198 valence electrons. The summed E-state index contributed by atoms with van der Waals surface area (Å²) in [6, 6.07) is 8.33. The van der Waals surface area contributed by atoms with Gasteiger partial charge in [0.2, 0.25) is 0 Å². The molecule has 0 bridgehead atoms. The number of ether oxygens (including phenoxy) is 2. The molecule has 1 aliphatic heterocycles. The Kier molecular flexibility index (Phi) is 9.20. The molecule has 1 saturated heterocycles. The average Bonchev–Trinajstić information content (AvgIpc) is 3.13. The summed E-state index contributed by atoms with van der Waals surface area (Å²) in [5.74, 6) is -1.65. The standard InChI is InChI=1S/C22H30FN4O8P/c1-13(2)33-21(29)14(3)26-36(31,35-15-7-5-4-6-8-15)32-12-17-16(11-23)19(28)20(34-17)27-10-9-18(24)25-22(27)30/h4-10,13-14,16-17,19-20,28H,11-12H2,1-3H3,(H,26,31)(H2,24,25,30)/t14-,16+,17+,19+,20+,36+/m0/s1. The van der Waals surface area contributed by atoms with Crippen molar-refractivity contribution in [1.82, 2.24) is 14.6 Å². The van der Waals surface area contributed by atoms with E-state index in [2.05, 4.69) is 10.1 Å². The first-order valence-electron chi connectivity index (χ1n) is 11.2. The number of hydrogen-bond acceptors (Lipinski definition) is 10. The van der Waals surface area contributed by atoms with Crippen molar-refractivity contribution in [2.75, 3.05) is 19.0 Å². The predicted molar refractivity (Wildman–Crippen MR) is 127 cm³/mol. The largest absolute Gasteiger partial charge is 0.462 e. The Labute approximate surface area is 207 Å². The molecular formula is C22H30FN4O8P. The van der Waals surface area contributed by atoms with E-state index in [4.69, 9.17) is 24.3 Å². The number of nitrogens with zero attached hydrogens (tertiary/aromatic N) is 2. The number of hydrogen-bond donors (Lipinski definition) is 3. The first kappa shape index (κ1) is 27.8. The Morgan fingerprint density at radius 3 is 2.61 bits per heavy atom. The summed E-state index contributed by atoms with van der Waals surface area (Å²) in [5, 5.41) is 13.1. The second-order valence-electron chi connectivity index (χ2n) is 8.45. The molecule has 1 aromatic carbocycles. The lowest BCUT2D eigenvalue weighted by molar-refractivity contribution is -0.149. The number of benzene rings is 1. The van der Waals surface area contributed by atoms with E-state index in [9.17, 15) is 23.7 Å². The number of nitrogens with one attached hydrogen (secondary N) is 1. The average molecular weight is 528 g/mol. The summed E-state index contributed by atoms with van der Waals surface area (Å²) in [6.07, 6.45) is -2.97. The van der Waals surface area contributed by atoms with Gasteiger partial charge in [0.25, 0.3) is 0 Å². The predicted octanol–water partition coefficient (Wildman–Crippen LogP) is 1.80. The van der Waals surface area contributed by atoms with E-state index in [1.165, 1.54) is 31.3 Å². The number of nitrogens with two attached hydrogens (primary N) is 1. The van der Waals surface area contributed by atoms with Gasteiger partial charge in [-0.3, -0.25) is 18.3 Å². The molecule has 0 unspecified atom stereocenters. The summed E-state index contributed by atoms with van der Waals surface area (Å²) < 4.78 is 50.4. The van der Waals surface area contributed by atoms with Crippen LogP contribution < -0.4 is 21.0 Å². The zero-order chi connectivity index (χ0) is 26.5. The van der Waals surface area contributed by atoms with E-state index in [0.717, 1.165) is 4.57 Å². The molecule has 0 saturated carbocycles. The van der Waals surface area contributed by atoms with Crippen LogP contribution >= 0.6 is 7.75 Å². The number of aliphatic hydroxyl groups is 1. The summed E-state index contributed by atoms with van der Waals surface area (Å²) >= 11 is 0. The molecule has 0 aliphatic carbocycles. The minimum absolute atomic E-state index is 0.0270. The monoisotopic (exact) mass is 528 g/mol. The van der Waals surface area contributed by atoms with Crippen LogP contribution in [-0.4, -0.2) is 58.3 Å². The highest BCUT2D eigenvalue weighted by Gasteiger charge is 2.46. The van der Waals surface area contributed by atoms with Crippen molar-refractivity contribution >= 4 is 19.5 Å². The highest BCUT2D eigenvalue weighted by molar-refractivity contribution is 7.52. The third-order valence-corrected chi connectivity index (χ3v) is 6.90. The van der Waals surface area contributed by atoms with Crippen molar-refractivity contribution in [1.29, 1.82) is 0 Å². The molecule has 14 heteroatoms. The van der Waals surface area contributed by atoms with E-state index in [1.54, 1.807) is 32.0 Å². The highest BCUT2D eigenvalue weighted by atomic mass is 31.2. The van der Waals surface area contributed by atoms with Gasteiger partial charge in [0.1, 0.15) is 23.7 Å². The van der Waals surface area contributed by atoms with E-state index >= 15 is 0 Å². The number of alkyl halides is 1. The fourth-order valence-corrected chi connectivity index (χ4v) is 5.00. The summed E-state index contributed by atoms with van der Waals surface area (Å²) in [6.45, 7) is 3.24. The topological polar surface area (TPSA) is 164 Å². The molecule has 2 heterocycles. The van der Waals surface area contributed by atoms with Crippen LogP contribution in [0.25, 0.3) is 0 Å². The molecule has 12 nitrogen and oxygen atoms in total. The van der Waals surface area contributed by atoms with Crippen LogP contribution in [0.2, 0.25) is 0 Å². The maximum atomic E-state index is 13.9. The third-order valence-electron chi connectivity index (χ3n) is 5.26. The summed E-state index contributed by atoms with van der Waals surface area (Å²) in [5.41, 5.74) is 4.70. The lowest BCUT2D eigenvalue weighted by Crippen LogP contribution is -2.37. The Hall–Kier alpha value is -2.83. The Bertz CT molecular complexity index is 1130. The van der Waals surface area contributed by atoms with Gasteiger partial charge in [-0.2, -0.15) is 10.1 Å². The fourth-order valence-electron chi connectivity index (χ4n) is 3.50. The number of anilines is 1. The van der Waals surface area contributed by atoms with Gasteiger partial charge in [0.05, 0.1) is 25.5 Å². The Morgan fingerprint density at radius 2 is 2.00 bits per heavy atom. The van der Waals surface area contributed by atoms with Gasteiger partial charge in [-0.15, -0.1) is 0 Å². The SMILES string of the molecule is CC(C)OC(=O)[C@H](C)N[P@@](=O)(OC[C@H]1O[C@@H](n2ccc(N)nc2=O)[C@H](O)[C@@H]1CF)Oc1ccccc1. The number of carbonyl (C=O) groups excluding carboxylic acids is 1. The smallest absolute Gasteiger partial charge is 0.459 e. The van der Waals surface area contributed by atoms with Crippen molar-refractivity contribution < 1.29 is 37.4 Å². The highest BCUT2D eigenvalue weighted by Crippen LogP contribution is 2.46. The molecule has 2 aromatic rings. The van der Waals surface area contributed by atoms with Gasteiger partial charge in [0, 0.05) is 12.1 Å². The van der Waals surface area contributed by atoms with Crippen LogP contribution in [0, 0.1) is 5.92 Å². The Balaban J connectivity index is 1.78. The van der Waals surface area contributed by atoms with Gasteiger partial charge < -0.3 is 24.8 Å². The molecule has 1 aliphatic rings. The van der Waals surface area contributed by atoms with Crippen molar-refractivity contribution in [2.24, 2.45) is 5.92 Å². The number of aromatic nitrogens is 2. The first-order valence-corrected chi connectivity index (χ1v) is 12.8. The van der Waals surface area contributed by atoms with Crippen LogP contribution in [0.4, 0.5) is 10.2 Å². The fraction of sp³-hybridized carbons (Fsp3) is 0.500. The molecule has 36 heavy (non-hydrogen) atoms. The summed E-state index contributed by atoms with van der Waals surface area (Å²) in [4.78, 5) is 28.0. The molecule has 4 N–H and O–H groups in total. The normalized spacial score (nSPS) is 24.3. The number of halogens is 1. The first-order chi connectivity index (χ1) is 17.0. The van der Waals surface area contributed by atoms with Gasteiger partial charge in [-0.05, 0) is 39.0 Å². The maximum Gasteiger partial charge on any atom is 0.459 e. The van der Waals surface area contributed by atoms with E-state index in [0.29, 0.717) is 0 Å². The van der Waals surface area contributed by atoms with E-state index in [-0.39, 0.29) is 11.6 Å². The van der Waals surface area contributed by atoms with Gasteiger partial charge in [-0.1, -0.05) is 18.2 Å². The van der Waals surface area contributed by atoms with Crippen LogP contribution in [0.1, 0.15) is 27.0 Å². The van der Waals surface area contributed by atoms with Crippen molar-refractivity contribution in [3.05, 3.63) is 53.1 Å². The molecule has 1 aromatic heterocycles. The molecular weight excluding hydrogens is 498 g/mol. The lowest BCUT2D eigenvalue weighted by atomic mass is 10.00. The lowest BCUT2D eigenvalue weighted by Gasteiger charge is -2.25. The van der Waals surface area contributed by atoms with E-state index in [1.807, 2.05) is 0 Å². The second kappa shape index (κ2) is 11.9. The van der Waals surface area contributed by atoms with Crippen molar-refractivity contribution in [3.63, 3.8) is 0 Å². The van der Waals surface area contributed by atoms with Crippen LogP contribution in [0.15, 0.2) is 47.4 Å². The number of rotatable bonds is 11. The molecule has 0 radical (unpaired) electrons. The third kappa shape index (κ3) is 6.89. The Morgan fingerprint density at radius 1 is 1.31 bits per heavy atom. The van der Waals surface area contributed by atoms with E-state index < -0.39 is 69.2 Å². The zero-order valence-corrected chi connectivity index (χ0v) is 20.9. The number of aliphatic hydroxyl groups excluding tert-OH is 1. The molecule has 0 spiro atoms. The van der Waals surface area contributed by atoms with Gasteiger partial charge >= 0.3 is 19.4 Å². The van der Waals surface area contributed by atoms with Gasteiger partial charge in [-0.25, -0.2) is 9.36 Å². The minimum atomic E-state index is -4.24. The van der Waals surface area contributed by atoms with Crippen molar-refractivity contribution in [2.45, 2.75) is 51.4 Å². The minimum Gasteiger partial charge on any atom is -0.462 e. The molecule has 6 atom stereocenters.